The van der Waals surface area contributed by atoms with Crippen LogP contribution in [-0.4, -0.2) is 119 Å². The van der Waals surface area contributed by atoms with Crippen LogP contribution in [0, 0.1) is 0 Å². The van der Waals surface area contributed by atoms with Gasteiger partial charge in [-0.1, -0.05) is 6.07 Å². The largest absolute Gasteiger partial charge is 0.508 e. The fourth-order valence-corrected chi connectivity index (χ4v) is 5.08. The molecule has 0 unspecified atom stereocenters. The minimum absolute atomic E-state index is 0.121. The highest BCUT2D eigenvalue weighted by molar-refractivity contribution is 6.06. The van der Waals surface area contributed by atoms with Crippen LogP contribution in [0.2, 0.25) is 0 Å². The zero-order valence-corrected chi connectivity index (χ0v) is 22.3. The van der Waals surface area contributed by atoms with Crippen LogP contribution in [0.3, 0.4) is 0 Å². The molecule has 2 aromatic rings. The second-order valence-electron chi connectivity index (χ2n) is 10.5. The Balaban J connectivity index is 1.54. The Morgan fingerprint density at radius 2 is 1.31 bits per heavy atom. The molecule has 0 bridgehead atoms. The predicted molar refractivity (Wildman–Crippen MR) is 136 cm³/mol. The third-order valence-corrected chi connectivity index (χ3v) is 7.55. The molecular formula is C27H32O15. The van der Waals surface area contributed by atoms with E-state index in [1.807, 2.05) is 0 Å². The summed E-state index contributed by atoms with van der Waals surface area (Å²) < 4.78 is 28.5. The summed E-state index contributed by atoms with van der Waals surface area (Å²) in [6, 6.07) is 5.69. The highest BCUT2D eigenvalue weighted by Crippen LogP contribution is 2.45. The quantitative estimate of drug-likeness (QED) is 0.179. The molecule has 2 aromatic carbocycles. The lowest BCUT2D eigenvalue weighted by atomic mass is 9.91. The molecule has 3 aliphatic rings. The molecule has 5 rings (SSSR count). The summed E-state index contributed by atoms with van der Waals surface area (Å²) in [7, 11) is 0. The van der Waals surface area contributed by atoms with Crippen molar-refractivity contribution in [3.05, 3.63) is 41.5 Å². The number of carbonyl (C=O) groups is 1. The average Bonchev–Trinajstić information content (AvgIpc) is 2.94. The van der Waals surface area contributed by atoms with E-state index >= 15 is 0 Å². The van der Waals surface area contributed by atoms with Crippen molar-refractivity contribution in [1.82, 2.24) is 0 Å². The van der Waals surface area contributed by atoms with Crippen molar-refractivity contribution in [2.75, 3.05) is 0 Å². The first-order valence-electron chi connectivity index (χ1n) is 13.1. The van der Waals surface area contributed by atoms with Gasteiger partial charge < -0.3 is 69.6 Å². The lowest BCUT2D eigenvalue weighted by Gasteiger charge is -2.42. The van der Waals surface area contributed by atoms with Crippen molar-refractivity contribution in [2.45, 2.75) is 87.5 Å². The number of aliphatic hydroxyl groups is 6. The number of aliphatic hydroxyl groups excluding tert-OH is 6. The third-order valence-electron chi connectivity index (χ3n) is 7.55. The van der Waals surface area contributed by atoms with Gasteiger partial charge in [-0.15, -0.1) is 0 Å². The van der Waals surface area contributed by atoms with E-state index < -0.39 is 96.7 Å². The monoisotopic (exact) mass is 596 g/mol. The summed E-state index contributed by atoms with van der Waals surface area (Å²) in [4.78, 5) is 14.1. The summed E-state index contributed by atoms with van der Waals surface area (Å²) in [5, 5.41) is 91.8. The van der Waals surface area contributed by atoms with Crippen LogP contribution in [0.5, 0.6) is 28.7 Å². The number of benzene rings is 2. The fourth-order valence-electron chi connectivity index (χ4n) is 5.08. The van der Waals surface area contributed by atoms with Crippen LogP contribution < -0.4 is 9.47 Å². The van der Waals surface area contributed by atoms with Crippen LogP contribution in [-0.2, 0) is 14.2 Å². The summed E-state index contributed by atoms with van der Waals surface area (Å²) in [5.74, 6) is -2.88. The minimum atomic E-state index is -1.80. The van der Waals surface area contributed by atoms with Gasteiger partial charge in [0, 0.05) is 12.1 Å². The Morgan fingerprint density at radius 1 is 0.714 bits per heavy atom. The Labute approximate surface area is 238 Å². The lowest BCUT2D eigenvalue weighted by molar-refractivity contribution is -0.304. The molecule has 9 N–H and O–H groups in total. The molecule has 3 heterocycles. The molecule has 3 aliphatic heterocycles. The van der Waals surface area contributed by atoms with Crippen molar-refractivity contribution in [3.8, 4) is 28.7 Å². The van der Waals surface area contributed by atoms with E-state index in [0.717, 1.165) is 24.3 Å². The van der Waals surface area contributed by atoms with Crippen molar-refractivity contribution in [3.63, 3.8) is 0 Å². The molecule has 0 radical (unpaired) electrons. The Hall–Kier alpha value is -3.25. The molecular weight excluding hydrogens is 564 g/mol. The van der Waals surface area contributed by atoms with Gasteiger partial charge in [0.05, 0.1) is 12.2 Å². The normalized spacial score (nSPS) is 38.4. The highest BCUT2D eigenvalue weighted by Gasteiger charge is 2.49. The number of rotatable bonds is 5. The van der Waals surface area contributed by atoms with Gasteiger partial charge in [-0.3, -0.25) is 4.79 Å². The van der Waals surface area contributed by atoms with Gasteiger partial charge in [-0.2, -0.15) is 0 Å². The Bertz CT molecular complexity index is 1320. The fraction of sp³-hybridized carbons (Fsp3) is 0.519. The van der Waals surface area contributed by atoms with Gasteiger partial charge in [0.2, 0.25) is 12.1 Å². The number of ether oxygens (including phenoxy) is 5. The van der Waals surface area contributed by atoms with E-state index in [2.05, 4.69) is 0 Å². The van der Waals surface area contributed by atoms with Gasteiger partial charge >= 0.3 is 0 Å². The zero-order valence-electron chi connectivity index (χ0n) is 22.3. The Kier molecular flexibility index (Phi) is 8.23. The van der Waals surface area contributed by atoms with Crippen molar-refractivity contribution in [2.24, 2.45) is 0 Å². The number of ketones is 1. The van der Waals surface area contributed by atoms with Gasteiger partial charge in [0.1, 0.15) is 59.4 Å². The van der Waals surface area contributed by atoms with Crippen LogP contribution in [0.1, 0.15) is 35.9 Å². The number of phenolic OH excluding ortho intramolecular Hbond substituents is 3. The number of hydrogen-bond donors (Lipinski definition) is 9. The van der Waals surface area contributed by atoms with Crippen LogP contribution in [0.25, 0.3) is 0 Å². The summed E-state index contributed by atoms with van der Waals surface area (Å²) in [6.45, 7) is 2.84. The second kappa shape index (κ2) is 11.4. The molecule has 2 fully saturated rings. The smallest absolute Gasteiger partial charge is 0.229 e. The van der Waals surface area contributed by atoms with Crippen molar-refractivity contribution < 1.29 is 74.4 Å². The average molecular weight is 597 g/mol. The van der Waals surface area contributed by atoms with E-state index in [0.29, 0.717) is 0 Å². The van der Waals surface area contributed by atoms with Crippen LogP contribution in [0.15, 0.2) is 30.3 Å². The number of aromatic hydroxyl groups is 3. The van der Waals surface area contributed by atoms with E-state index in [4.69, 9.17) is 23.7 Å². The molecule has 0 aliphatic carbocycles. The lowest BCUT2D eigenvalue weighted by Crippen LogP contribution is -2.59. The molecule has 0 amide bonds. The number of hydrogen-bond acceptors (Lipinski definition) is 15. The first kappa shape index (κ1) is 30.2. The third kappa shape index (κ3) is 5.34. The number of phenols is 3. The highest BCUT2D eigenvalue weighted by atomic mass is 16.7. The predicted octanol–water partition coefficient (Wildman–Crippen LogP) is -1.46. The molecule has 230 valence electrons. The minimum Gasteiger partial charge on any atom is -0.508 e. The molecule has 2 saturated heterocycles. The standard InChI is InChI=1S/C27H32O15/c1-8-17(31)20(34)22(36)26(38-8)41-15-7-11(28)6-14-16(15)19(33)25(24(40-14)10-3-4-12(29)13(30)5-10)42-27-23(37)21(35)18(32)9(2)39-27/h3-9,17-18,20-32,34-37H,1-2H3/t8-,9+,17+,18+,20+,21-,22-,23+,24+,25+,26+,27+/m1/s1. The zero-order chi connectivity index (χ0) is 30.6. The maximum absolute atomic E-state index is 14.1. The number of fused-ring (bicyclic) bond motifs is 1. The molecule has 0 saturated carbocycles. The summed E-state index contributed by atoms with van der Waals surface area (Å²) in [6.07, 6.45) is -18.1. The SMILES string of the molecule is C[C@@H]1O[C@@H](O[C@H]2C(=O)c3c(O[C@@H]4O[C@H](C)[C@H](O)[C@H](O)[C@H]4O)cc(O)cc3O[C@H]2c2ccc(O)c(O)c2)[C@@H](O)[C@H](O)[C@H]1O. The van der Waals surface area contributed by atoms with Crippen molar-refractivity contribution >= 4 is 5.78 Å². The maximum atomic E-state index is 14.1. The number of Topliss-reactive ketones (excluding diaryl/α,β-unsaturated/α-hetero) is 1. The number of carbonyl (C=O) groups excluding carboxylic acids is 1. The molecule has 0 aromatic heterocycles. The topological polar surface area (TPSA) is 245 Å². The molecule has 0 spiro atoms. The molecule has 15 heteroatoms. The summed E-state index contributed by atoms with van der Waals surface area (Å²) in [5.41, 5.74) is -0.184. The Morgan fingerprint density at radius 3 is 1.93 bits per heavy atom. The summed E-state index contributed by atoms with van der Waals surface area (Å²) >= 11 is 0. The molecule has 15 nitrogen and oxygen atoms in total. The van der Waals surface area contributed by atoms with Gasteiger partial charge in [-0.05, 0) is 31.5 Å². The first-order valence-corrected chi connectivity index (χ1v) is 13.1. The van der Waals surface area contributed by atoms with E-state index in [1.165, 1.54) is 19.9 Å². The molecule has 12 atom stereocenters. The van der Waals surface area contributed by atoms with Crippen molar-refractivity contribution in [1.29, 1.82) is 0 Å². The van der Waals surface area contributed by atoms with Gasteiger partial charge in [0.25, 0.3) is 0 Å². The second-order valence-corrected chi connectivity index (χ2v) is 10.5. The van der Waals surface area contributed by atoms with Gasteiger partial charge in [-0.25, -0.2) is 0 Å². The first-order chi connectivity index (χ1) is 19.8. The molecule has 42 heavy (non-hydrogen) atoms. The van der Waals surface area contributed by atoms with E-state index in [-0.39, 0.29) is 22.6 Å². The van der Waals surface area contributed by atoms with E-state index in [9.17, 15) is 50.8 Å². The van der Waals surface area contributed by atoms with E-state index in [1.54, 1.807) is 0 Å². The van der Waals surface area contributed by atoms with Crippen LogP contribution >= 0.6 is 0 Å². The van der Waals surface area contributed by atoms with Gasteiger partial charge in [0.15, 0.2) is 30.0 Å². The maximum Gasteiger partial charge on any atom is 0.229 e. The van der Waals surface area contributed by atoms with Crippen LogP contribution in [0.4, 0.5) is 0 Å².